The zero-order valence-corrected chi connectivity index (χ0v) is 14.4. The van der Waals surface area contributed by atoms with Gasteiger partial charge in [0, 0.05) is 18.1 Å². The summed E-state index contributed by atoms with van der Waals surface area (Å²) in [5.74, 6) is 0.797. The molecule has 0 atom stereocenters. The lowest BCUT2D eigenvalue weighted by molar-refractivity contribution is 0.0955. The molecule has 24 heavy (non-hydrogen) atoms. The normalized spacial score (nSPS) is 11.2. The minimum absolute atomic E-state index is 0.0540. The number of hydrogen-bond donors (Lipinski definition) is 1. The van der Waals surface area contributed by atoms with Crippen molar-refractivity contribution < 1.29 is 9.53 Å². The molecule has 5 nitrogen and oxygen atoms in total. The van der Waals surface area contributed by atoms with Gasteiger partial charge in [-0.05, 0) is 24.6 Å². The molecule has 4 aromatic rings. The first-order valence-electron chi connectivity index (χ1n) is 7.62. The van der Waals surface area contributed by atoms with Crippen molar-refractivity contribution in [2.45, 2.75) is 6.42 Å². The van der Waals surface area contributed by atoms with E-state index in [0.717, 1.165) is 27.5 Å². The van der Waals surface area contributed by atoms with Gasteiger partial charge in [-0.3, -0.25) is 9.20 Å². The fraction of sp³-hybridized carbons (Fsp3) is 0.176. The number of ether oxygens (including phenoxy) is 1. The van der Waals surface area contributed by atoms with Gasteiger partial charge >= 0.3 is 0 Å². The summed E-state index contributed by atoms with van der Waals surface area (Å²) in [5, 5.41) is 4.93. The number of carbonyl (C=O) groups is 1. The van der Waals surface area contributed by atoms with Crippen LogP contribution in [-0.2, 0) is 0 Å². The molecule has 0 aliphatic rings. The largest absolute Gasteiger partial charge is 0.494 e. The van der Waals surface area contributed by atoms with Gasteiger partial charge in [-0.25, -0.2) is 4.98 Å². The Labute approximate surface area is 146 Å². The summed E-state index contributed by atoms with van der Waals surface area (Å²) in [6, 6.07) is 11.6. The van der Waals surface area contributed by atoms with Gasteiger partial charge in [0.2, 0.25) is 0 Å². The van der Waals surface area contributed by atoms with Crippen LogP contribution in [0.5, 0.6) is 5.75 Å². The molecule has 3 aromatic heterocycles. The highest BCUT2D eigenvalue weighted by Crippen LogP contribution is 2.28. The summed E-state index contributed by atoms with van der Waals surface area (Å²) in [7, 11) is 0. The third-order valence-electron chi connectivity index (χ3n) is 3.58. The van der Waals surface area contributed by atoms with Crippen LogP contribution < -0.4 is 10.1 Å². The number of imidazole rings is 1. The van der Waals surface area contributed by atoms with E-state index in [1.165, 1.54) is 11.3 Å². The van der Waals surface area contributed by atoms with Gasteiger partial charge in [-0.1, -0.05) is 18.2 Å². The third-order valence-corrected chi connectivity index (χ3v) is 5.36. The smallest absolute Gasteiger partial charge is 0.261 e. The van der Waals surface area contributed by atoms with Gasteiger partial charge in [0.05, 0.1) is 17.0 Å². The number of rotatable bonds is 6. The van der Waals surface area contributed by atoms with Crippen molar-refractivity contribution in [3.8, 4) is 5.75 Å². The lowest BCUT2D eigenvalue weighted by atomic mass is 10.3. The Bertz CT molecular complexity index is 972. The quantitative estimate of drug-likeness (QED) is 0.534. The molecular weight excluding hydrogens is 342 g/mol. The number of nitrogens with one attached hydrogen (secondary N) is 1. The molecule has 0 saturated heterocycles. The van der Waals surface area contributed by atoms with Crippen LogP contribution in [0.4, 0.5) is 0 Å². The minimum atomic E-state index is -0.0540. The predicted octanol–water partition coefficient (Wildman–Crippen LogP) is 3.81. The van der Waals surface area contributed by atoms with Crippen LogP contribution in [0.25, 0.3) is 15.3 Å². The van der Waals surface area contributed by atoms with Gasteiger partial charge in [0.1, 0.15) is 10.6 Å². The monoisotopic (exact) mass is 357 g/mol. The van der Waals surface area contributed by atoms with Crippen LogP contribution in [0.1, 0.15) is 16.1 Å². The number of nitrogens with zero attached hydrogens (tertiary/aromatic N) is 2. The summed E-state index contributed by atoms with van der Waals surface area (Å²) >= 11 is 3.02. The lowest BCUT2D eigenvalue weighted by Gasteiger charge is -2.06. The molecule has 4 rings (SSSR count). The third kappa shape index (κ3) is 3.00. The average Bonchev–Trinajstić information content (AvgIpc) is 3.27. The molecule has 122 valence electrons. The molecule has 1 amide bonds. The van der Waals surface area contributed by atoms with Crippen molar-refractivity contribution in [3.63, 3.8) is 0 Å². The van der Waals surface area contributed by atoms with Crippen LogP contribution >= 0.6 is 22.7 Å². The van der Waals surface area contributed by atoms with Gasteiger partial charge in [-0.15, -0.1) is 22.7 Å². The maximum absolute atomic E-state index is 12.2. The van der Waals surface area contributed by atoms with Crippen LogP contribution in [0.2, 0.25) is 0 Å². The molecule has 0 fully saturated rings. The number of benzene rings is 1. The van der Waals surface area contributed by atoms with Crippen LogP contribution in [-0.4, -0.2) is 28.4 Å². The first-order valence-corrected chi connectivity index (χ1v) is 9.32. The summed E-state index contributed by atoms with van der Waals surface area (Å²) in [6.07, 6.45) is 2.74. The first-order chi connectivity index (χ1) is 11.8. The Morgan fingerprint density at radius 1 is 1.29 bits per heavy atom. The topological polar surface area (TPSA) is 55.6 Å². The molecule has 0 spiro atoms. The molecule has 7 heteroatoms. The predicted molar refractivity (Wildman–Crippen MR) is 97.3 cm³/mol. The molecular formula is C17H15N3O2S2. The van der Waals surface area contributed by atoms with Gasteiger partial charge < -0.3 is 10.1 Å². The van der Waals surface area contributed by atoms with Crippen molar-refractivity contribution in [2.75, 3.05) is 13.2 Å². The van der Waals surface area contributed by atoms with Gasteiger partial charge in [0.15, 0.2) is 4.96 Å². The number of hydrogen-bond acceptors (Lipinski definition) is 5. The summed E-state index contributed by atoms with van der Waals surface area (Å²) in [5.41, 5.74) is 0.994. The Morgan fingerprint density at radius 3 is 3.04 bits per heavy atom. The Kier molecular flexibility index (Phi) is 4.18. The Morgan fingerprint density at radius 2 is 2.17 bits per heavy atom. The minimum Gasteiger partial charge on any atom is -0.494 e. The van der Waals surface area contributed by atoms with E-state index in [1.54, 1.807) is 11.3 Å². The molecule has 0 saturated carbocycles. The number of carbonyl (C=O) groups excluding carboxylic acids is 1. The van der Waals surface area contributed by atoms with E-state index >= 15 is 0 Å². The van der Waals surface area contributed by atoms with Crippen molar-refractivity contribution in [1.29, 1.82) is 0 Å². The molecule has 0 radical (unpaired) electrons. The standard InChI is InChI=1S/C17H15N3O2S2/c21-15(18-7-4-9-22-12-5-2-1-3-6-12)14-11-13-16(24-14)19-17-20(13)8-10-23-17/h1-3,5-6,8,10-11H,4,7,9H2,(H,18,21). The second kappa shape index (κ2) is 6.62. The Hall–Kier alpha value is -2.38. The highest BCUT2D eigenvalue weighted by atomic mass is 32.1. The zero-order chi connectivity index (χ0) is 16.4. The maximum Gasteiger partial charge on any atom is 0.261 e. The molecule has 0 unspecified atom stereocenters. The molecule has 0 bridgehead atoms. The molecule has 0 aliphatic carbocycles. The number of aromatic nitrogens is 2. The lowest BCUT2D eigenvalue weighted by Crippen LogP contribution is -2.24. The van der Waals surface area contributed by atoms with Crippen molar-refractivity contribution in [1.82, 2.24) is 14.7 Å². The van der Waals surface area contributed by atoms with Crippen LogP contribution in [0.3, 0.4) is 0 Å². The molecule has 1 aromatic carbocycles. The number of thiazole rings is 1. The van der Waals surface area contributed by atoms with E-state index in [9.17, 15) is 4.79 Å². The summed E-state index contributed by atoms with van der Waals surface area (Å²) < 4.78 is 7.62. The average molecular weight is 357 g/mol. The van der Waals surface area contributed by atoms with E-state index < -0.39 is 0 Å². The number of amides is 1. The first kappa shape index (κ1) is 15.2. The van der Waals surface area contributed by atoms with Crippen molar-refractivity contribution >= 4 is 43.9 Å². The fourth-order valence-corrected chi connectivity index (χ4v) is 4.14. The van der Waals surface area contributed by atoms with E-state index in [-0.39, 0.29) is 5.91 Å². The highest BCUT2D eigenvalue weighted by molar-refractivity contribution is 7.21. The molecule has 3 heterocycles. The van der Waals surface area contributed by atoms with Crippen molar-refractivity contribution in [3.05, 3.63) is 52.9 Å². The molecule has 1 N–H and O–H groups in total. The highest BCUT2D eigenvalue weighted by Gasteiger charge is 2.14. The van der Waals surface area contributed by atoms with Crippen LogP contribution in [0.15, 0.2) is 48.0 Å². The van der Waals surface area contributed by atoms with E-state index in [2.05, 4.69) is 10.3 Å². The number of fused-ring (bicyclic) bond motifs is 3. The fourth-order valence-electron chi connectivity index (χ4n) is 2.43. The van der Waals surface area contributed by atoms with E-state index in [4.69, 9.17) is 4.74 Å². The Balaban J connectivity index is 1.30. The van der Waals surface area contributed by atoms with E-state index in [1.807, 2.05) is 52.4 Å². The summed E-state index contributed by atoms with van der Waals surface area (Å²) in [6.45, 7) is 1.16. The second-order valence-corrected chi connectivity index (χ2v) is 7.14. The second-order valence-electron chi connectivity index (χ2n) is 5.24. The van der Waals surface area contributed by atoms with Gasteiger partial charge in [-0.2, -0.15) is 0 Å². The molecule has 0 aliphatic heterocycles. The number of para-hydroxylation sites is 1. The van der Waals surface area contributed by atoms with Crippen molar-refractivity contribution in [2.24, 2.45) is 0 Å². The number of thiophene rings is 1. The van der Waals surface area contributed by atoms with Gasteiger partial charge in [0.25, 0.3) is 5.91 Å². The summed E-state index contributed by atoms with van der Waals surface area (Å²) in [4.78, 5) is 19.3. The maximum atomic E-state index is 12.2. The van der Waals surface area contributed by atoms with Crippen LogP contribution in [0, 0.1) is 0 Å². The zero-order valence-electron chi connectivity index (χ0n) is 12.8. The SMILES string of the molecule is O=C(NCCCOc1ccccc1)c1cc2c(nc3sccn32)s1. The van der Waals surface area contributed by atoms with E-state index in [0.29, 0.717) is 18.0 Å².